The van der Waals surface area contributed by atoms with Crippen LogP contribution in [0.4, 0.5) is 0 Å². The summed E-state index contributed by atoms with van der Waals surface area (Å²) >= 11 is 0. The lowest BCUT2D eigenvalue weighted by Gasteiger charge is -2.26. The third-order valence-electron chi connectivity index (χ3n) is 3.91. The van der Waals surface area contributed by atoms with Gasteiger partial charge in [0.15, 0.2) is 0 Å². The second kappa shape index (κ2) is 2.60. The fraction of sp³-hybridized carbons (Fsp3) is 0.538. The van der Waals surface area contributed by atoms with Gasteiger partial charge >= 0.3 is 0 Å². The minimum Gasteiger partial charge on any atom is -0.321 e. The summed E-state index contributed by atoms with van der Waals surface area (Å²) in [5, 5.41) is 0. The molecule has 0 bridgehead atoms. The lowest BCUT2D eigenvalue weighted by Crippen LogP contribution is -2.34. The Balaban J connectivity index is 1.94. The number of hydrogen-bond acceptors (Lipinski definition) is 1. The summed E-state index contributed by atoms with van der Waals surface area (Å²) in [5.74, 6) is 1.89. The second-order valence-electron chi connectivity index (χ2n) is 5.19. The van der Waals surface area contributed by atoms with Gasteiger partial charge in [-0.2, -0.15) is 0 Å². The van der Waals surface area contributed by atoms with Gasteiger partial charge in [-0.1, -0.05) is 29.8 Å². The first-order valence-electron chi connectivity index (χ1n) is 5.53. The first-order chi connectivity index (χ1) is 6.67. The maximum Gasteiger partial charge on any atom is 0.0415 e. The van der Waals surface area contributed by atoms with Gasteiger partial charge in [0.1, 0.15) is 0 Å². The summed E-state index contributed by atoms with van der Waals surface area (Å²) in [4.78, 5) is 0. The van der Waals surface area contributed by atoms with Crippen LogP contribution in [0.25, 0.3) is 0 Å². The van der Waals surface area contributed by atoms with Crippen LogP contribution in [0.1, 0.15) is 30.4 Å². The molecule has 0 amide bonds. The van der Waals surface area contributed by atoms with E-state index in [1.165, 1.54) is 30.4 Å². The van der Waals surface area contributed by atoms with Gasteiger partial charge in [-0.15, -0.1) is 0 Å². The van der Waals surface area contributed by atoms with Crippen LogP contribution in [0.3, 0.4) is 0 Å². The normalized spacial score (nSPS) is 39.6. The van der Waals surface area contributed by atoms with Crippen LogP contribution in [0.15, 0.2) is 24.3 Å². The van der Waals surface area contributed by atoms with E-state index in [4.69, 9.17) is 5.73 Å². The predicted octanol–water partition coefficient (Wildman–Crippen LogP) is 2.58. The Morgan fingerprint density at radius 1 is 1.29 bits per heavy atom. The van der Waals surface area contributed by atoms with Crippen molar-refractivity contribution in [3.63, 3.8) is 0 Å². The number of hydrogen-bond donors (Lipinski definition) is 1. The van der Waals surface area contributed by atoms with E-state index in [0.29, 0.717) is 0 Å². The summed E-state index contributed by atoms with van der Waals surface area (Å²) in [6, 6.07) is 8.72. The molecule has 2 aliphatic carbocycles. The average molecular weight is 187 g/mol. The zero-order valence-corrected chi connectivity index (χ0v) is 8.66. The fourth-order valence-corrected chi connectivity index (χ4v) is 3.02. The second-order valence-corrected chi connectivity index (χ2v) is 5.19. The molecule has 0 aromatic heterocycles. The Bertz CT molecular complexity index is 359. The molecule has 0 radical (unpaired) electrons. The minimum atomic E-state index is -0.000394. The van der Waals surface area contributed by atoms with E-state index >= 15 is 0 Å². The molecule has 2 aliphatic rings. The van der Waals surface area contributed by atoms with Crippen LogP contribution in [-0.4, -0.2) is 0 Å². The number of benzene rings is 1. The van der Waals surface area contributed by atoms with Crippen molar-refractivity contribution in [2.45, 2.75) is 31.7 Å². The van der Waals surface area contributed by atoms with E-state index in [-0.39, 0.29) is 5.54 Å². The highest BCUT2D eigenvalue weighted by molar-refractivity contribution is 5.31. The van der Waals surface area contributed by atoms with Crippen molar-refractivity contribution in [3.8, 4) is 0 Å². The van der Waals surface area contributed by atoms with E-state index in [1.54, 1.807) is 0 Å². The van der Waals surface area contributed by atoms with Gasteiger partial charge in [-0.05, 0) is 43.6 Å². The topological polar surface area (TPSA) is 26.0 Å². The monoisotopic (exact) mass is 187 g/mol. The van der Waals surface area contributed by atoms with E-state index in [2.05, 4.69) is 31.2 Å². The van der Waals surface area contributed by atoms with Crippen molar-refractivity contribution in [1.82, 2.24) is 0 Å². The van der Waals surface area contributed by atoms with Crippen molar-refractivity contribution in [1.29, 1.82) is 0 Å². The van der Waals surface area contributed by atoms with Crippen LogP contribution in [0.2, 0.25) is 0 Å². The Kier molecular flexibility index (Phi) is 1.58. The van der Waals surface area contributed by atoms with Crippen LogP contribution >= 0.6 is 0 Å². The van der Waals surface area contributed by atoms with Crippen LogP contribution in [0.5, 0.6) is 0 Å². The van der Waals surface area contributed by atoms with Crippen molar-refractivity contribution < 1.29 is 0 Å². The summed E-state index contributed by atoms with van der Waals surface area (Å²) in [6.45, 7) is 2.14. The molecule has 3 rings (SSSR count). The average Bonchev–Trinajstić information content (AvgIpc) is 2.75. The molecule has 74 valence electrons. The molecule has 0 spiro atoms. The van der Waals surface area contributed by atoms with Gasteiger partial charge in [0.25, 0.3) is 0 Å². The Labute approximate surface area is 85.3 Å². The zero-order valence-electron chi connectivity index (χ0n) is 8.66. The summed E-state index contributed by atoms with van der Waals surface area (Å²) < 4.78 is 0. The first kappa shape index (κ1) is 8.49. The Morgan fingerprint density at radius 3 is 2.64 bits per heavy atom. The van der Waals surface area contributed by atoms with Gasteiger partial charge < -0.3 is 5.73 Å². The fourth-order valence-electron chi connectivity index (χ4n) is 3.02. The van der Waals surface area contributed by atoms with E-state index in [1.807, 2.05) is 0 Å². The third kappa shape index (κ3) is 1.19. The molecular formula is C13H17N. The molecule has 0 aliphatic heterocycles. The van der Waals surface area contributed by atoms with E-state index in [0.717, 1.165) is 11.8 Å². The summed E-state index contributed by atoms with van der Waals surface area (Å²) in [5.41, 5.74) is 9.15. The van der Waals surface area contributed by atoms with Gasteiger partial charge in [-0.25, -0.2) is 0 Å². The molecule has 2 unspecified atom stereocenters. The summed E-state index contributed by atoms with van der Waals surface area (Å²) in [7, 11) is 0. The van der Waals surface area contributed by atoms with Crippen molar-refractivity contribution in [2.24, 2.45) is 17.6 Å². The highest BCUT2D eigenvalue weighted by Crippen LogP contribution is 2.58. The first-order valence-corrected chi connectivity index (χ1v) is 5.53. The quantitative estimate of drug-likeness (QED) is 0.718. The SMILES string of the molecule is Cc1cccc(C2(N)CC3CC3C2)c1. The van der Waals surface area contributed by atoms with Crippen LogP contribution in [0, 0.1) is 18.8 Å². The van der Waals surface area contributed by atoms with Crippen LogP contribution < -0.4 is 5.73 Å². The molecule has 14 heavy (non-hydrogen) atoms. The maximum absolute atomic E-state index is 6.47. The molecule has 2 N–H and O–H groups in total. The molecular weight excluding hydrogens is 170 g/mol. The molecule has 2 fully saturated rings. The van der Waals surface area contributed by atoms with Gasteiger partial charge in [-0.3, -0.25) is 0 Å². The standard InChI is InChI=1S/C13H17N/c1-9-3-2-4-12(5-9)13(14)7-10-6-11(10)8-13/h2-5,10-11H,6-8,14H2,1H3. The summed E-state index contributed by atoms with van der Waals surface area (Å²) in [6.07, 6.45) is 3.85. The van der Waals surface area contributed by atoms with Crippen molar-refractivity contribution in [3.05, 3.63) is 35.4 Å². The molecule has 2 saturated carbocycles. The van der Waals surface area contributed by atoms with E-state index in [9.17, 15) is 0 Å². The number of nitrogens with two attached hydrogens (primary N) is 1. The lowest BCUT2D eigenvalue weighted by molar-refractivity contribution is 0.411. The van der Waals surface area contributed by atoms with Crippen molar-refractivity contribution >= 4 is 0 Å². The number of aryl methyl sites for hydroxylation is 1. The van der Waals surface area contributed by atoms with Crippen molar-refractivity contribution in [2.75, 3.05) is 0 Å². The smallest absolute Gasteiger partial charge is 0.0415 e. The minimum absolute atomic E-state index is 0.000394. The van der Waals surface area contributed by atoms with E-state index < -0.39 is 0 Å². The highest BCUT2D eigenvalue weighted by atomic mass is 14.8. The largest absolute Gasteiger partial charge is 0.321 e. The molecule has 2 atom stereocenters. The Morgan fingerprint density at radius 2 is 2.00 bits per heavy atom. The third-order valence-corrected chi connectivity index (χ3v) is 3.91. The Hall–Kier alpha value is -0.820. The maximum atomic E-state index is 6.47. The highest BCUT2D eigenvalue weighted by Gasteiger charge is 2.52. The van der Waals surface area contributed by atoms with Gasteiger partial charge in [0.05, 0.1) is 0 Å². The van der Waals surface area contributed by atoms with Gasteiger partial charge in [0.2, 0.25) is 0 Å². The zero-order chi connectivity index (χ0) is 9.76. The number of fused-ring (bicyclic) bond motifs is 1. The lowest BCUT2D eigenvalue weighted by atomic mass is 9.86. The molecule has 1 heteroatoms. The molecule has 1 aromatic rings. The molecule has 1 nitrogen and oxygen atoms in total. The number of rotatable bonds is 1. The molecule has 0 heterocycles. The predicted molar refractivity (Wildman–Crippen MR) is 57.9 cm³/mol. The molecule has 0 saturated heterocycles. The molecule has 1 aromatic carbocycles. The van der Waals surface area contributed by atoms with Crippen LogP contribution in [-0.2, 0) is 5.54 Å². The van der Waals surface area contributed by atoms with Gasteiger partial charge in [0, 0.05) is 5.54 Å².